The summed E-state index contributed by atoms with van der Waals surface area (Å²) >= 11 is 5.03. The van der Waals surface area contributed by atoms with Crippen molar-refractivity contribution in [3.63, 3.8) is 0 Å². The van der Waals surface area contributed by atoms with E-state index in [-0.39, 0.29) is 16.0 Å². The molecule has 27 heavy (non-hydrogen) atoms. The van der Waals surface area contributed by atoms with Crippen LogP contribution in [-0.4, -0.2) is 51.9 Å². The molecule has 2 N–H and O–H groups in total. The maximum absolute atomic E-state index is 12.6. The van der Waals surface area contributed by atoms with Crippen LogP contribution in [0.25, 0.3) is 0 Å². The van der Waals surface area contributed by atoms with Crippen LogP contribution in [0.3, 0.4) is 0 Å². The molecule has 0 radical (unpaired) electrons. The van der Waals surface area contributed by atoms with E-state index in [9.17, 15) is 18.0 Å². The average Bonchev–Trinajstić information content (AvgIpc) is 3.02. The number of rotatable bonds is 5. The first kappa shape index (κ1) is 19.2. The number of sulfonamides is 1. The van der Waals surface area contributed by atoms with Gasteiger partial charge in [0.15, 0.2) is 4.77 Å². The number of hydrogen-bond acceptors (Lipinski definition) is 6. The van der Waals surface area contributed by atoms with E-state index in [0.29, 0.717) is 23.6 Å². The number of benzene rings is 1. The van der Waals surface area contributed by atoms with Crippen molar-refractivity contribution >= 4 is 34.1 Å². The Morgan fingerprint density at radius 1 is 1.37 bits per heavy atom. The third-order valence-electron chi connectivity index (χ3n) is 4.29. The molecular weight excluding hydrogens is 390 g/mol. The molecule has 11 heteroatoms. The monoisotopic (exact) mass is 409 g/mol. The summed E-state index contributed by atoms with van der Waals surface area (Å²) in [6, 6.07) is 3.57. The first-order valence-corrected chi connectivity index (χ1v) is 10.1. The Bertz CT molecular complexity index is 1080. The van der Waals surface area contributed by atoms with Crippen LogP contribution < -0.4 is 5.32 Å². The number of carbonyl (C=O) groups excluding carboxylic acids is 2. The molecule has 0 saturated heterocycles. The Balaban J connectivity index is 1.77. The lowest BCUT2D eigenvalue weighted by Gasteiger charge is -2.18. The minimum absolute atomic E-state index is 0.0850. The van der Waals surface area contributed by atoms with Gasteiger partial charge in [0.1, 0.15) is 10.7 Å². The highest BCUT2D eigenvalue weighted by atomic mass is 32.2. The molecule has 1 aliphatic rings. The lowest BCUT2D eigenvalue weighted by atomic mass is 10.1. The second-order valence-corrected chi connectivity index (χ2v) is 8.59. The Kier molecular flexibility index (Phi) is 4.91. The zero-order chi connectivity index (χ0) is 19.9. The van der Waals surface area contributed by atoms with Crippen molar-refractivity contribution in [1.29, 1.82) is 0 Å². The van der Waals surface area contributed by atoms with E-state index in [1.807, 2.05) is 0 Å². The first-order valence-electron chi connectivity index (χ1n) is 8.26. The van der Waals surface area contributed by atoms with Crippen molar-refractivity contribution < 1.29 is 18.0 Å². The van der Waals surface area contributed by atoms with Crippen LogP contribution in [0.4, 0.5) is 0 Å². The van der Waals surface area contributed by atoms with Crippen molar-refractivity contribution in [2.24, 2.45) is 7.05 Å². The lowest BCUT2D eigenvalue weighted by molar-refractivity contribution is 0.0845. The molecule has 3 rings (SSSR count). The summed E-state index contributed by atoms with van der Waals surface area (Å²) in [7, 11) is -2.17. The maximum Gasteiger partial charge on any atom is 0.269 e. The van der Waals surface area contributed by atoms with Gasteiger partial charge in [-0.05, 0) is 44.3 Å². The quantitative estimate of drug-likeness (QED) is 0.712. The topological polar surface area (TPSA) is 117 Å². The van der Waals surface area contributed by atoms with E-state index < -0.39 is 27.9 Å². The Labute approximate surface area is 161 Å². The predicted molar refractivity (Wildman–Crippen MR) is 99.4 cm³/mol. The van der Waals surface area contributed by atoms with E-state index >= 15 is 0 Å². The summed E-state index contributed by atoms with van der Waals surface area (Å²) in [5.74, 6) is -0.312. The second kappa shape index (κ2) is 6.89. The van der Waals surface area contributed by atoms with Crippen molar-refractivity contribution in [2.75, 3.05) is 6.54 Å². The summed E-state index contributed by atoms with van der Waals surface area (Å²) in [4.78, 5) is 24.6. The lowest BCUT2D eigenvalue weighted by Crippen LogP contribution is -2.36. The Morgan fingerprint density at radius 3 is 2.67 bits per heavy atom. The van der Waals surface area contributed by atoms with Crippen LogP contribution in [0, 0.1) is 4.77 Å². The van der Waals surface area contributed by atoms with Gasteiger partial charge in [0.25, 0.3) is 21.8 Å². The van der Waals surface area contributed by atoms with E-state index in [1.165, 1.54) is 18.2 Å². The number of nitrogens with one attached hydrogen (secondary N) is 2. The van der Waals surface area contributed by atoms with Gasteiger partial charge in [0.05, 0.1) is 5.56 Å². The fourth-order valence-electron chi connectivity index (χ4n) is 2.89. The molecule has 0 aliphatic carbocycles. The smallest absolute Gasteiger partial charge is 0.269 e. The van der Waals surface area contributed by atoms with Crippen LogP contribution in [0.1, 0.15) is 40.4 Å². The molecule has 0 unspecified atom stereocenters. The molecule has 0 spiro atoms. The number of H-pyrrole nitrogens is 1. The van der Waals surface area contributed by atoms with Gasteiger partial charge in [-0.1, -0.05) is 0 Å². The number of fused-ring (bicyclic) bond motifs is 1. The molecule has 1 aromatic heterocycles. The minimum Gasteiger partial charge on any atom is -0.352 e. The van der Waals surface area contributed by atoms with E-state index in [2.05, 4.69) is 15.5 Å². The molecule has 9 nitrogen and oxygen atoms in total. The molecule has 2 heterocycles. The first-order chi connectivity index (χ1) is 12.6. The van der Waals surface area contributed by atoms with Crippen molar-refractivity contribution in [1.82, 2.24) is 24.4 Å². The highest BCUT2D eigenvalue weighted by Crippen LogP contribution is 2.32. The molecule has 1 aromatic carbocycles. The fraction of sp³-hybridized carbons (Fsp3) is 0.375. The molecule has 0 fully saturated rings. The fourth-order valence-corrected chi connectivity index (χ4v) is 4.84. The van der Waals surface area contributed by atoms with Crippen LogP contribution in [0.5, 0.6) is 0 Å². The zero-order valence-electron chi connectivity index (χ0n) is 15.0. The van der Waals surface area contributed by atoms with Gasteiger partial charge in [-0.15, -0.1) is 0 Å². The van der Waals surface area contributed by atoms with Crippen LogP contribution in [0.2, 0.25) is 0 Å². The van der Waals surface area contributed by atoms with E-state index in [1.54, 1.807) is 25.5 Å². The molecule has 0 saturated carbocycles. The Morgan fingerprint density at radius 2 is 2.07 bits per heavy atom. The average molecular weight is 409 g/mol. The summed E-state index contributed by atoms with van der Waals surface area (Å²) < 4.78 is 28.2. The molecular formula is C16H19N5O4S2. The van der Waals surface area contributed by atoms with E-state index in [4.69, 9.17) is 12.2 Å². The van der Waals surface area contributed by atoms with Gasteiger partial charge in [0, 0.05) is 31.6 Å². The van der Waals surface area contributed by atoms with Gasteiger partial charge in [0.2, 0.25) is 0 Å². The normalized spacial score (nSPS) is 15.3. The van der Waals surface area contributed by atoms with E-state index in [0.717, 1.165) is 4.31 Å². The minimum atomic E-state index is -3.94. The molecule has 2 aromatic rings. The second-order valence-electron chi connectivity index (χ2n) is 6.42. The van der Waals surface area contributed by atoms with Crippen LogP contribution in [-0.2, 0) is 23.5 Å². The van der Waals surface area contributed by atoms with Gasteiger partial charge in [-0.3, -0.25) is 14.7 Å². The third-order valence-corrected chi connectivity index (χ3v) is 6.65. The SMILES string of the molecule is CC(C)N1C(=O)c2ccc(C(=O)NCCc3n[nH]c(=S)n3C)cc2S1(=O)=O. The highest BCUT2D eigenvalue weighted by molar-refractivity contribution is 7.90. The summed E-state index contributed by atoms with van der Waals surface area (Å²) in [5, 5.41) is 9.43. The number of aromatic nitrogens is 3. The summed E-state index contributed by atoms with van der Waals surface area (Å²) in [6.07, 6.45) is 0.457. The summed E-state index contributed by atoms with van der Waals surface area (Å²) in [6.45, 7) is 3.55. The van der Waals surface area contributed by atoms with Crippen molar-refractivity contribution in [3.8, 4) is 0 Å². The van der Waals surface area contributed by atoms with Gasteiger partial charge in [-0.25, -0.2) is 12.7 Å². The summed E-state index contributed by atoms with van der Waals surface area (Å²) in [5.41, 5.74) is 0.257. The molecule has 144 valence electrons. The van der Waals surface area contributed by atoms with Crippen molar-refractivity contribution in [3.05, 3.63) is 39.9 Å². The van der Waals surface area contributed by atoms with Crippen molar-refractivity contribution in [2.45, 2.75) is 31.2 Å². The largest absolute Gasteiger partial charge is 0.352 e. The van der Waals surface area contributed by atoms with Crippen LogP contribution >= 0.6 is 12.2 Å². The maximum atomic E-state index is 12.6. The predicted octanol–water partition coefficient (Wildman–Crippen LogP) is 1.00. The van der Waals surface area contributed by atoms with Gasteiger partial charge >= 0.3 is 0 Å². The number of carbonyl (C=O) groups is 2. The number of hydrogen-bond donors (Lipinski definition) is 2. The zero-order valence-corrected chi connectivity index (χ0v) is 16.6. The number of amides is 2. The molecule has 0 atom stereocenters. The molecule has 2 amide bonds. The molecule has 0 bridgehead atoms. The highest BCUT2D eigenvalue weighted by Gasteiger charge is 2.42. The van der Waals surface area contributed by atoms with Gasteiger partial charge < -0.3 is 9.88 Å². The van der Waals surface area contributed by atoms with Gasteiger partial charge in [-0.2, -0.15) is 5.10 Å². The molecule has 1 aliphatic heterocycles. The number of aromatic amines is 1. The van der Waals surface area contributed by atoms with Crippen LogP contribution in [0.15, 0.2) is 23.1 Å². The Hall–Kier alpha value is -2.53. The number of nitrogens with zero attached hydrogens (tertiary/aromatic N) is 3. The standard InChI is InChI=1S/C16H19N5O4S2/c1-9(2)21-15(23)11-5-4-10(8-12(11)27(21,24)25)14(22)17-7-6-13-18-19-16(26)20(13)3/h4-5,8-9H,6-7H2,1-3H3,(H,17,22)(H,19,26). The third kappa shape index (κ3) is 3.28.